The van der Waals surface area contributed by atoms with Gasteiger partial charge in [-0.05, 0) is 19.5 Å². The van der Waals surface area contributed by atoms with Gasteiger partial charge in [-0.3, -0.25) is 0 Å². The van der Waals surface area contributed by atoms with Gasteiger partial charge in [0.2, 0.25) is 0 Å². The lowest BCUT2D eigenvalue weighted by molar-refractivity contribution is -0.285. The minimum Gasteiger partial charge on any atom is -0.398 e. The molecular formula is C24H47N5O13. The molecule has 0 bridgehead atoms. The molecular weight excluding hydrogens is 566 g/mol. The first kappa shape index (κ1) is 35.3. The van der Waals surface area contributed by atoms with Gasteiger partial charge >= 0.3 is 0 Å². The maximum Gasteiger partial charge on any atom is 0.196 e. The fourth-order valence-corrected chi connectivity index (χ4v) is 5.34. The molecule has 42 heavy (non-hydrogen) atoms. The van der Waals surface area contributed by atoms with E-state index in [2.05, 4.69) is 5.32 Å². The van der Waals surface area contributed by atoms with Crippen LogP contribution in [0, 0.1) is 0 Å². The Labute approximate surface area is 242 Å². The summed E-state index contributed by atoms with van der Waals surface area (Å²) in [5, 5.41) is 84.8. The second kappa shape index (κ2) is 15.7. The van der Waals surface area contributed by atoms with Gasteiger partial charge in [0.25, 0.3) is 0 Å². The highest BCUT2D eigenvalue weighted by Crippen LogP contribution is 2.33. The van der Waals surface area contributed by atoms with Crippen molar-refractivity contribution in [2.75, 3.05) is 26.8 Å². The molecule has 18 nitrogen and oxygen atoms in total. The zero-order chi connectivity index (χ0) is 31.3. The van der Waals surface area contributed by atoms with Gasteiger partial charge < -0.3 is 92.8 Å². The molecule has 0 radical (unpaired) electrons. The molecule has 17 N–H and O–H groups in total. The van der Waals surface area contributed by atoms with E-state index >= 15 is 0 Å². The van der Waals surface area contributed by atoms with Crippen LogP contribution < -0.4 is 28.3 Å². The zero-order valence-electron chi connectivity index (χ0n) is 23.3. The standard InChI is InChI=1S/C24H47N5O13/c1-29-14-17(35)16(34)12(6-25)38-23(14)41-20-13(7-31)39-24(18(20)36)42-21-15(33)9(26)5-10(27)19(21)40-22(37)11(28)4-8(32)2-3-30/h4,8-10,12-24,29-37H,2-3,5-7,25-28H2,1H3/b11-4+. The Hall–Kier alpha value is -1.14. The van der Waals surface area contributed by atoms with Gasteiger partial charge in [0, 0.05) is 31.7 Å². The van der Waals surface area contributed by atoms with Gasteiger partial charge in [0.15, 0.2) is 18.9 Å². The Kier molecular flexibility index (Phi) is 13.2. The second-order valence-electron chi connectivity index (χ2n) is 10.7. The highest BCUT2D eigenvalue weighted by molar-refractivity contribution is 5.06. The summed E-state index contributed by atoms with van der Waals surface area (Å²) in [6, 6.07) is -2.71. The average Bonchev–Trinajstić information content (AvgIpc) is 3.24. The molecule has 16 atom stereocenters. The van der Waals surface area contributed by atoms with Gasteiger partial charge in [-0.2, -0.15) is 0 Å². The number of nitrogens with two attached hydrogens (primary N) is 4. The fourth-order valence-electron chi connectivity index (χ4n) is 5.34. The molecule has 2 aliphatic heterocycles. The molecule has 2 heterocycles. The smallest absolute Gasteiger partial charge is 0.196 e. The lowest BCUT2D eigenvalue weighted by Gasteiger charge is -2.44. The summed E-state index contributed by atoms with van der Waals surface area (Å²) in [5.74, 6) is 0. The Balaban J connectivity index is 1.77. The van der Waals surface area contributed by atoms with Crippen LogP contribution in [0.4, 0.5) is 0 Å². The summed E-state index contributed by atoms with van der Waals surface area (Å²) in [5.41, 5.74) is 23.4. The first-order valence-corrected chi connectivity index (χ1v) is 13.8. The van der Waals surface area contributed by atoms with Crippen LogP contribution in [0.25, 0.3) is 0 Å². The van der Waals surface area contributed by atoms with E-state index in [1.54, 1.807) is 0 Å². The molecule has 0 spiro atoms. The molecule has 2 saturated heterocycles. The number of rotatable bonds is 13. The third kappa shape index (κ3) is 7.92. The van der Waals surface area contributed by atoms with E-state index in [0.717, 1.165) is 6.08 Å². The number of hydrogen-bond donors (Lipinski definition) is 13. The highest BCUT2D eigenvalue weighted by atomic mass is 16.8. The summed E-state index contributed by atoms with van der Waals surface area (Å²) in [7, 11) is 1.50. The van der Waals surface area contributed by atoms with Gasteiger partial charge in [-0.25, -0.2) is 0 Å². The summed E-state index contributed by atoms with van der Waals surface area (Å²) >= 11 is 0. The molecule has 16 unspecified atom stereocenters. The molecule has 246 valence electrons. The van der Waals surface area contributed by atoms with Gasteiger partial charge in [-0.1, -0.05) is 0 Å². The molecule has 3 fully saturated rings. The summed E-state index contributed by atoms with van der Waals surface area (Å²) < 4.78 is 28.8. The van der Waals surface area contributed by atoms with Crippen LogP contribution in [0.15, 0.2) is 11.8 Å². The van der Waals surface area contributed by atoms with Crippen LogP contribution >= 0.6 is 0 Å². The van der Waals surface area contributed by atoms with E-state index in [4.69, 9.17) is 51.7 Å². The lowest BCUT2D eigenvalue weighted by atomic mass is 9.84. The zero-order valence-corrected chi connectivity index (χ0v) is 23.3. The van der Waals surface area contributed by atoms with Crippen molar-refractivity contribution < 1.29 is 64.5 Å². The van der Waals surface area contributed by atoms with Crippen molar-refractivity contribution >= 4 is 0 Å². The van der Waals surface area contributed by atoms with Crippen molar-refractivity contribution in [3.8, 4) is 0 Å². The summed E-state index contributed by atoms with van der Waals surface area (Å²) in [6.45, 7) is -1.09. The largest absolute Gasteiger partial charge is 0.398 e. The third-order valence-corrected chi connectivity index (χ3v) is 7.77. The van der Waals surface area contributed by atoms with Crippen molar-refractivity contribution in [2.24, 2.45) is 22.9 Å². The molecule has 0 aromatic heterocycles. The number of aliphatic hydroxyl groups is 8. The maximum atomic E-state index is 11.1. The monoisotopic (exact) mass is 613 g/mol. The predicted octanol–water partition coefficient (Wildman–Crippen LogP) is -7.46. The topological polar surface area (TPSA) is 324 Å². The molecule has 1 saturated carbocycles. The molecule has 1 aliphatic carbocycles. The van der Waals surface area contributed by atoms with Gasteiger partial charge in [0.05, 0.1) is 30.6 Å². The van der Waals surface area contributed by atoms with Crippen molar-refractivity contribution in [3.05, 3.63) is 11.8 Å². The first-order valence-electron chi connectivity index (χ1n) is 13.8. The number of hydrogen-bond acceptors (Lipinski definition) is 18. The van der Waals surface area contributed by atoms with Crippen molar-refractivity contribution in [1.82, 2.24) is 5.32 Å². The lowest BCUT2D eigenvalue weighted by Crippen LogP contribution is -2.65. The van der Waals surface area contributed by atoms with E-state index in [0.29, 0.717) is 0 Å². The third-order valence-electron chi connectivity index (χ3n) is 7.77. The van der Waals surface area contributed by atoms with Crippen molar-refractivity contribution in [1.29, 1.82) is 0 Å². The van der Waals surface area contributed by atoms with Crippen molar-refractivity contribution in [2.45, 2.75) is 111 Å². The van der Waals surface area contributed by atoms with Crippen molar-refractivity contribution in [3.63, 3.8) is 0 Å². The molecule has 0 aromatic carbocycles. The Bertz CT molecular complexity index is 864. The van der Waals surface area contributed by atoms with E-state index in [-0.39, 0.29) is 31.7 Å². The molecule has 18 heteroatoms. The number of aliphatic hydroxyl groups excluding tert-OH is 8. The second-order valence-corrected chi connectivity index (χ2v) is 10.7. The van der Waals surface area contributed by atoms with E-state index in [9.17, 15) is 35.7 Å². The van der Waals surface area contributed by atoms with Crippen LogP contribution in [0.2, 0.25) is 0 Å². The van der Waals surface area contributed by atoms with E-state index < -0.39 is 105 Å². The Morgan fingerprint density at radius 3 is 2.14 bits per heavy atom. The van der Waals surface area contributed by atoms with Crippen LogP contribution in [0.1, 0.15) is 12.8 Å². The molecule has 3 rings (SSSR count). The summed E-state index contributed by atoms with van der Waals surface area (Å²) in [4.78, 5) is 0. The SMILES string of the molecule is CNC1C(OC2C(CO)OC(OC3C(O)C(N)CC(N)C3OC(O)/C(N)=C\C(O)CCO)C2O)OC(CN)C(O)C1O. The van der Waals surface area contributed by atoms with Gasteiger partial charge in [-0.15, -0.1) is 0 Å². The number of likely N-dealkylation sites (N-methyl/N-ethyl adjacent to an activating group) is 1. The van der Waals surface area contributed by atoms with E-state index in [1.165, 1.54) is 7.05 Å². The molecule has 0 amide bonds. The first-order chi connectivity index (χ1) is 19.9. The van der Waals surface area contributed by atoms with Gasteiger partial charge in [0.1, 0.15) is 48.8 Å². The van der Waals surface area contributed by atoms with Crippen LogP contribution in [-0.4, -0.2) is 166 Å². The van der Waals surface area contributed by atoms with Crippen LogP contribution in [-0.2, 0) is 23.7 Å². The minimum atomic E-state index is -1.79. The molecule has 3 aliphatic rings. The normalized spacial score (nSPS) is 44.7. The average molecular weight is 614 g/mol. The minimum absolute atomic E-state index is 0.0325. The van der Waals surface area contributed by atoms with Crippen LogP contribution in [0.3, 0.4) is 0 Å². The highest BCUT2D eigenvalue weighted by Gasteiger charge is 2.53. The Morgan fingerprint density at radius 1 is 0.905 bits per heavy atom. The fraction of sp³-hybridized carbons (Fsp3) is 0.917. The predicted molar refractivity (Wildman–Crippen MR) is 142 cm³/mol. The van der Waals surface area contributed by atoms with E-state index in [1.807, 2.05) is 0 Å². The Morgan fingerprint density at radius 2 is 1.55 bits per heavy atom. The number of ether oxygens (including phenoxy) is 5. The quantitative estimate of drug-likeness (QED) is 0.0857. The maximum absolute atomic E-state index is 11.1. The number of nitrogens with one attached hydrogen (secondary N) is 1. The summed E-state index contributed by atoms with van der Waals surface area (Å²) in [6.07, 6.45) is -16.3. The van der Waals surface area contributed by atoms with Crippen LogP contribution in [0.5, 0.6) is 0 Å². The molecule has 0 aromatic rings.